The Bertz CT molecular complexity index is 1140. The average molecular weight is 404 g/mol. The van der Waals surface area contributed by atoms with Crippen LogP contribution in [-0.4, -0.2) is 23.3 Å². The Morgan fingerprint density at radius 2 is 1.97 bits per heavy atom. The number of nitrogens with one attached hydrogen (secondary N) is 1. The smallest absolute Gasteiger partial charge is 0.271 e. The van der Waals surface area contributed by atoms with Crippen molar-refractivity contribution in [3.8, 4) is 17.7 Å². The van der Waals surface area contributed by atoms with Gasteiger partial charge in [-0.15, -0.1) is 0 Å². The van der Waals surface area contributed by atoms with E-state index in [0.29, 0.717) is 35.1 Å². The van der Waals surface area contributed by atoms with Crippen molar-refractivity contribution in [2.24, 2.45) is 5.10 Å². The maximum atomic E-state index is 12.3. The Morgan fingerprint density at radius 1 is 1.27 bits per heavy atom. The average Bonchev–Trinajstić information content (AvgIpc) is 3.16. The minimum atomic E-state index is -0.313. The van der Waals surface area contributed by atoms with Crippen LogP contribution in [0.2, 0.25) is 0 Å². The number of amides is 1. The normalized spacial score (nSPS) is 10.9. The van der Waals surface area contributed by atoms with Gasteiger partial charge in [0, 0.05) is 28.1 Å². The lowest BCUT2D eigenvalue weighted by atomic mass is 10.2. The van der Waals surface area contributed by atoms with E-state index < -0.39 is 0 Å². The summed E-state index contributed by atoms with van der Waals surface area (Å²) in [5.74, 6) is 1.62. The fourth-order valence-corrected chi connectivity index (χ4v) is 3.22. The van der Waals surface area contributed by atoms with E-state index in [4.69, 9.17) is 9.15 Å². The molecule has 0 aliphatic rings. The highest BCUT2D eigenvalue weighted by Crippen LogP contribution is 2.28. The highest BCUT2D eigenvalue weighted by atomic mass is 16.5. The molecule has 0 saturated heterocycles. The molecule has 30 heavy (non-hydrogen) atoms. The molecule has 0 bridgehead atoms. The van der Waals surface area contributed by atoms with E-state index in [2.05, 4.69) is 16.6 Å². The van der Waals surface area contributed by atoms with Gasteiger partial charge >= 0.3 is 0 Å². The monoisotopic (exact) mass is 404 g/mol. The summed E-state index contributed by atoms with van der Waals surface area (Å²) in [7, 11) is 0. The van der Waals surface area contributed by atoms with Crippen molar-refractivity contribution in [3.05, 3.63) is 69.7 Å². The van der Waals surface area contributed by atoms with Crippen LogP contribution in [0.4, 0.5) is 0 Å². The standard InChI is InChI=1S/C23H24N4O3/c1-6-29-20-9-7-18(8-10-20)22(28)26-25-13-19-11-14(2)27(16(19)4)23-21(12-24)15(3)17(5)30-23/h7-11,13H,6H2,1-5H3,(H,26,28)/b25-13-. The van der Waals surface area contributed by atoms with Crippen molar-refractivity contribution in [1.29, 1.82) is 5.26 Å². The molecule has 1 N–H and O–H groups in total. The topological polar surface area (TPSA) is 92.5 Å². The summed E-state index contributed by atoms with van der Waals surface area (Å²) in [6.45, 7) is 10.0. The number of carbonyl (C=O) groups is 1. The fraction of sp³-hybridized carbons (Fsp3) is 0.261. The Morgan fingerprint density at radius 3 is 2.60 bits per heavy atom. The maximum absolute atomic E-state index is 12.3. The second-order valence-corrected chi connectivity index (χ2v) is 6.89. The third-order valence-corrected chi connectivity index (χ3v) is 4.95. The van der Waals surface area contributed by atoms with Crippen LogP contribution in [0.25, 0.3) is 5.88 Å². The van der Waals surface area contributed by atoms with Crippen LogP contribution in [0.5, 0.6) is 5.75 Å². The number of nitrogens with zero attached hydrogens (tertiary/aromatic N) is 3. The van der Waals surface area contributed by atoms with E-state index in [1.165, 1.54) is 0 Å². The first kappa shape index (κ1) is 20.9. The van der Waals surface area contributed by atoms with Gasteiger partial charge in [-0.05, 0) is 65.0 Å². The van der Waals surface area contributed by atoms with E-state index in [-0.39, 0.29) is 5.91 Å². The molecule has 2 heterocycles. The van der Waals surface area contributed by atoms with Crippen LogP contribution < -0.4 is 10.2 Å². The molecule has 3 aromatic rings. The van der Waals surface area contributed by atoms with Gasteiger partial charge < -0.3 is 9.15 Å². The number of carbonyl (C=O) groups excluding carboxylic acids is 1. The molecule has 0 atom stereocenters. The summed E-state index contributed by atoms with van der Waals surface area (Å²) < 4.78 is 13.1. The van der Waals surface area contributed by atoms with E-state index in [9.17, 15) is 10.1 Å². The number of hydrazone groups is 1. The van der Waals surface area contributed by atoms with E-state index >= 15 is 0 Å². The van der Waals surface area contributed by atoms with Gasteiger partial charge in [0.15, 0.2) is 0 Å². The Kier molecular flexibility index (Phi) is 6.07. The van der Waals surface area contributed by atoms with Gasteiger partial charge in [-0.2, -0.15) is 10.4 Å². The molecule has 0 fully saturated rings. The second-order valence-electron chi connectivity index (χ2n) is 6.89. The molecule has 1 amide bonds. The summed E-state index contributed by atoms with van der Waals surface area (Å²) >= 11 is 0. The lowest BCUT2D eigenvalue weighted by Gasteiger charge is -2.06. The molecule has 2 aromatic heterocycles. The summed E-state index contributed by atoms with van der Waals surface area (Å²) in [6.07, 6.45) is 1.58. The number of aryl methyl sites for hydroxylation is 2. The van der Waals surface area contributed by atoms with Crippen LogP contribution in [0.1, 0.15) is 51.1 Å². The van der Waals surface area contributed by atoms with Crippen LogP contribution in [-0.2, 0) is 0 Å². The lowest BCUT2D eigenvalue weighted by Crippen LogP contribution is -2.17. The Hall–Kier alpha value is -3.79. The number of ether oxygens (including phenoxy) is 1. The van der Waals surface area contributed by atoms with Crippen molar-refractivity contribution in [2.45, 2.75) is 34.6 Å². The molecule has 154 valence electrons. The summed E-state index contributed by atoms with van der Waals surface area (Å²) in [5, 5.41) is 13.6. The number of hydrogen-bond donors (Lipinski definition) is 1. The number of rotatable bonds is 6. The van der Waals surface area contributed by atoms with Gasteiger partial charge in [-0.25, -0.2) is 5.43 Å². The third-order valence-electron chi connectivity index (χ3n) is 4.95. The van der Waals surface area contributed by atoms with Crippen molar-refractivity contribution >= 4 is 12.1 Å². The third kappa shape index (κ3) is 3.98. The quantitative estimate of drug-likeness (QED) is 0.489. The molecular weight excluding hydrogens is 380 g/mol. The molecule has 0 aliphatic carbocycles. The zero-order valence-electron chi connectivity index (χ0n) is 17.7. The van der Waals surface area contributed by atoms with Crippen molar-refractivity contribution in [2.75, 3.05) is 6.61 Å². The molecule has 7 heteroatoms. The molecule has 0 unspecified atom stereocenters. The van der Waals surface area contributed by atoms with Gasteiger partial charge in [0.1, 0.15) is 23.1 Å². The minimum Gasteiger partial charge on any atom is -0.494 e. The van der Waals surface area contributed by atoms with E-state index in [0.717, 1.165) is 22.5 Å². The molecule has 3 rings (SSSR count). The second kappa shape index (κ2) is 8.70. The van der Waals surface area contributed by atoms with Crippen LogP contribution in [0.3, 0.4) is 0 Å². The first-order valence-electron chi connectivity index (χ1n) is 9.63. The summed E-state index contributed by atoms with van der Waals surface area (Å²) in [4.78, 5) is 12.3. The predicted molar refractivity (Wildman–Crippen MR) is 114 cm³/mol. The number of aromatic nitrogens is 1. The fourth-order valence-electron chi connectivity index (χ4n) is 3.22. The zero-order chi connectivity index (χ0) is 21.8. The largest absolute Gasteiger partial charge is 0.494 e. The van der Waals surface area contributed by atoms with Gasteiger partial charge in [-0.1, -0.05) is 0 Å². The van der Waals surface area contributed by atoms with Crippen LogP contribution in [0.15, 0.2) is 39.9 Å². The number of furan rings is 1. The number of hydrogen-bond acceptors (Lipinski definition) is 5. The molecule has 0 radical (unpaired) electrons. The Labute approximate surface area is 175 Å². The molecule has 0 saturated carbocycles. The van der Waals surface area contributed by atoms with E-state index in [1.807, 2.05) is 45.3 Å². The Balaban J connectivity index is 1.79. The molecule has 7 nitrogen and oxygen atoms in total. The number of nitriles is 1. The van der Waals surface area contributed by atoms with Crippen molar-refractivity contribution in [1.82, 2.24) is 9.99 Å². The summed E-state index contributed by atoms with van der Waals surface area (Å²) in [6, 6.07) is 11.0. The zero-order valence-corrected chi connectivity index (χ0v) is 17.7. The SMILES string of the molecule is CCOc1ccc(C(=O)N/N=C\c2cc(C)n(-c3oc(C)c(C)c3C#N)c2C)cc1. The highest BCUT2D eigenvalue weighted by molar-refractivity contribution is 5.95. The first-order valence-corrected chi connectivity index (χ1v) is 9.63. The first-order chi connectivity index (χ1) is 14.4. The number of benzene rings is 1. The molecular formula is C23H24N4O3. The van der Waals surface area contributed by atoms with Gasteiger partial charge in [0.2, 0.25) is 5.88 Å². The van der Waals surface area contributed by atoms with Gasteiger partial charge in [-0.3, -0.25) is 9.36 Å². The van der Waals surface area contributed by atoms with Gasteiger partial charge in [0.05, 0.1) is 12.8 Å². The summed E-state index contributed by atoms with van der Waals surface area (Å²) in [5.41, 5.74) is 6.94. The maximum Gasteiger partial charge on any atom is 0.271 e. The predicted octanol–water partition coefficient (Wildman–Crippen LogP) is 4.34. The molecule has 0 spiro atoms. The molecule has 0 aliphatic heterocycles. The van der Waals surface area contributed by atoms with Crippen molar-refractivity contribution < 1.29 is 13.9 Å². The van der Waals surface area contributed by atoms with Crippen LogP contribution >= 0.6 is 0 Å². The van der Waals surface area contributed by atoms with Crippen LogP contribution in [0, 0.1) is 39.0 Å². The molecule has 1 aromatic carbocycles. The van der Waals surface area contributed by atoms with Gasteiger partial charge in [0.25, 0.3) is 5.91 Å². The highest BCUT2D eigenvalue weighted by Gasteiger charge is 2.20. The minimum absolute atomic E-state index is 0.313. The van der Waals surface area contributed by atoms with E-state index in [1.54, 1.807) is 30.5 Å². The van der Waals surface area contributed by atoms with Crippen molar-refractivity contribution in [3.63, 3.8) is 0 Å². The lowest BCUT2D eigenvalue weighted by molar-refractivity contribution is 0.0955.